The lowest BCUT2D eigenvalue weighted by Gasteiger charge is -2.38. The van der Waals surface area contributed by atoms with Gasteiger partial charge in [0.15, 0.2) is 17.3 Å². The zero-order valence-corrected chi connectivity index (χ0v) is 21.0. The van der Waals surface area contributed by atoms with E-state index in [-0.39, 0.29) is 17.4 Å². The van der Waals surface area contributed by atoms with Crippen LogP contribution < -0.4 is 10.6 Å². The molecule has 2 amide bonds. The van der Waals surface area contributed by atoms with Gasteiger partial charge in [-0.3, -0.25) is 9.59 Å². The Morgan fingerprint density at radius 3 is 2.44 bits per heavy atom. The number of carbonyl (C=O) groups excluding carboxylic acids is 2. The third kappa shape index (κ3) is 5.38. The number of hydrogen-bond donors (Lipinski definition) is 2. The molecule has 1 aliphatic heterocycles. The highest BCUT2D eigenvalue weighted by Gasteiger charge is 2.50. The van der Waals surface area contributed by atoms with Gasteiger partial charge in [0.1, 0.15) is 17.5 Å². The summed E-state index contributed by atoms with van der Waals surface area (Å²) in [5.41, 5.74) is -1.42. The van der Waals surface area contributed by atoms with Crippen LogP contribution >= 0.6 is 0 Å². The molecule has 3 aliphatic rings. The standard InChI is InChI=1S/C27H27F3N6O3/c28-16-10-18(29)23(19(30)11-16)22-12-21(35-39-22)25(38)33-20-4-9-36(13-15-2-3-15)14-17(20)24(37)34-27(5-6-27)26-31-7-1-8-32-26/h1,7-8,10-12,15,17,20H,2-6,9,13-14H2,(H,33,38)(H,34,37)/t17-,20-/m0/s1. The molecule has 2 aliphatic carbocycles. The van der Waals surface area contributed by atoms with E-state index in [0.717, 1.165) is 25.5 Å². The third-order valence-electron chi connectivity index (χ3n) is 7.67. The molecule has 6 rings (SSSR count). The Hall–Kier alpha value is -3.80. The van der Waals surface area contributed by atoms with Gasteiger partial charge in [-0.15, -0.1) is 0 Å². The zero-order valence-electron chi connectivity index (χ0n) is 21.0. The van der Waals surface area contributed by atoms with Gasteiger partial charge in [0.05, 0.1) is 17.0 Å². The van der Waals surface area contributed by atoms with Crippen LogP contribution in [0.25, 0.3) is 11.3 Å². The predicted molar refractivity (Wildman–Crippen MR) is 131 cm³/mol. The maximum atomic E-state index is 14.2. The van der Waals surface area contributed by atoms with Gasteiger partial charge in [-0.2, -0.15) is 0 Å². The Morgan fingerprint density at radius 1 is 1.05 bits per heavy atom. The van der Waals surface area contributed by atoms with Crippen molar-refractivity contribution >= 4 is 11.8 Å². The van der Waals surface area contributed by atoms with E-state index in [1.165, 1.54) is 12.8 Å². The molecule has 1 aromatic carbocycles. The quantitative estimate of drug-likeness (QED) is 0.451. The van der Waals surface area contributed by atoms with Crippen LogP contribution in [0.3, 0.4) is 0 Å². The van der Waals surface area contributed by atoms with Crippen molar-refractivity contribution in [3.05, 3.63) is 65.6 Å². The monoisotopic (exact) mass is 540 g/mol. The summed E-state index contributed by atoms with van der Waals surface area (Å²) >= 11 is 0. The Labute approximate surface area is 222 Å². The fourth-order valence-corrected chi connectivity index (χ4v) is 5.21. The van der Waals surface area contributed by atoms with Crippen LogP contribution in [0.5, 0.6) is 0 Å². The SMILES string of the molecule is O=C(N[C@H]1CCN(CC2CC2)C[C@@H]1C(=O)NC1(c2ncccn2)CC1)c1cc(-c2c(F)cc(F)cc2F)on1. The van der Waals surface area contributed by atoms with Gasteiger partial charge < -0.3 is 20.1 Å². The molecule has 2 atom stereocenters. The molecule has 3 aromatic rings. The minimum atomic E-state index is -1.17. The van der Waals surface area contributed by atoms with Crippen LogP contribution in [0.4, 0.5) is 13.2 Å². The Balaban J connectivity index is 1.18. The number of nitrogens with one attached hydrogen (secondary N) is 2. The van der Waals surface area contributed by atoms with Crippen LogP contribution in [0.1, 0.15) is 48.4 Å². The van der Waals surface area contributed by atoms with Gasteiger partial charge in [0.2, 0.25) is 5.91 Å². The first-order chi connectivity index (χ1) is 18.8. The van der Waals surface area contributed by atoms with Gasteiger partial charge in [0.25, 0.3) is 5.91 Å². The van der Waals surface area contributed by atoms with E-state index in [1.807, 2.05) is 0 Å². The number of rotatable bonds is 8. The fraction of sp³-hybridized carbons (Fsp3) is 0.444. The Morgan fingerprint density at radius 2 is 1.77 bits per heavy atom. The van der Waals surface area contributed by atoms with E-state index in [4.69, 9.17) is 4.52 Å². The minimum absolute atomic E-state index is 0.193. The van der Waals surface area contributed by atoms with Crippen molar-refractivity contribution in [3.8, 4) is 11.3 Å². The average Bonchev–Trinajstić information content (AvgIpc) is 3.84. The van der Waals surface area contributed by atoms with Crippen molar-refractivity contribution < 1.29 is 27.3 Å². The van der Waals surface area contributed by atoms with E-state index in [2.05, 4.69) is 30.7 Å². The predicted octanol–water partition coefficient (Wildman–Crippen LogP) is 3.18. The highest BCUT2D eigenvalue weighted by molar-refractivity contribution is 5.94. The molecule has 39 heavy (non-hydrogen) atoms. The van der Waals surface area contributed by atoms with Gasteiger partial charge in [-0.05, 0) is 44.1 Å². The Kier molecular flexibility index (Phi) is 6.57. The van der Waals surface area contributed by atoms with Crippen molar-refractivity contribution in [2.24, 2.45) is 11.8 Å². The number of aromatic nitrogens is 3. The molecule has 3 heterocycles. The first-order valence-corrected chi connectivity index (χ1v) is 13.1. The van der Waals surface area contributed by atoms with E-state index in [9.17, 15) is 22.8 Å². The first kappa shape index (κ1) is 25.5. The summed E-state index contributed by atoms with van der Waals surface area (Å²) in [6, 6.07) is 3.36. The van der Waals surface area contributed by atoms with Crippen LogP contribution in [-0.2, 0) is 10.3 Å². The zero-order chi connectivity index (χ0) is 27.1. The normalized spacial score (nSPS) is 22.3. The fourth-order valence-electron chi connectivity index (χ4n) is 5.21. The maximum absolute atomic E-state index is 14.2. The minimum Gasteiger partial charge on any atom is -0.355 e. The number of carbonyl (C=O) groups is 2. The largest absolute Gasteiger partial charge is 0.355 e. The summed E-state index contributed by atoms with van der Waals surface area (Å²) in [4.78, 5) is 37.6. The molecule has 1 saturated heterocycles. The van der Waals surface area contributed by atoms with Gasteiger partial charge in [-0.1, -0.05) is 5.16 Å². The highest BCUT2D eigenvalue weighted by Crippen LogP contribution is 2.44. The second-order valence-electron chi connectivity index (χ2n) is 10.6. The summed E-state index contributed by atoms with van der Waals surface area (Å²) in [7, 11) is 0. The highest BCUT2D eigenvalue weighted by atomic mass is 19.1. The number of benzene rings is 1. The van der Waals surface area contributed by atoms with Crippen molar-refractivity contribution in [3.63, 3.8) is 0 Å². The Bertz CT molecular complexity index is 1370. The van der Waals surface area contributed by atoms with Crippen molar-refractivity contribution in [1.29, 1.82) is 0 Å². The molecule has 12 heteroatoms. The molecule has 2 N–H and O–H groups in total. The molecule has 0 spiro atoms. The van der Waals surface area contributed by atoms with E-state index < -0.39 is 46.4 Å². The number of nitrogens with zero attached hydrogens (tertiary/aromatic N) is 4. The van der Waals surface area contributed by atoms with Crippen molar-refractivity contribution in [1.82, 2.24) is 30.7 Å². The van der Waals surface area contributed by atoms with Crippen LogP contribution in [-0.4, -0.2) is 57.5 Å². The summed E-state index contributed by atoms with van der Waals surface area (Å²) < 4.78 is 46.7. The molecule has 9 nitrogen and oxygen atoms in total. The molecule has 204 valence electrons. The number of likely N-dealkylation sites (tertiary alicyclic amines) is 1. The van der Waals surface area contributed by atoms with E-state index in [1.54, 1.807) is 18.5 Å². The molecule has 2 saturated carbocycles. The summed E-state index contributed by atoms with van der Waals surface area (Å²) in [5, 5.41) is 9.68. The number of amides is 2. The van der Waals surface area contributed by atoms with Gasteiger partial charge in [-0.25, -0.2) is 23.1 Å². The van der Waals surface area contributed by atoms with Crippen molar-refractivity contribution in [2.75, 3.05) is 19.6 Å². The number of halogens is 3. The summed E-state index contributed by atoms with van der Waals surface area (Å²) in [6.45, 7) is 2.11. The number of piperidine rings is 1. The van der Waals surface area contributed by atoms with E-state index >= 15 is 0 Å². The second kappa shape index (κ2) is 10.1. The molecule has 0 unspecified atom stereocenters. The third-order valence-corrected chi connectivity index (χ3v) is 7.67. The molecule has 0 bridgehead atoms. The molecule has 2 aromatic heterocycles. The molecular formula is C27H27F3N6O3. The topological polar surface area (TPSA) is 113 Å². The van der Waals surface area contributed by atoms with Crippen molar-refractivity contribution in [2.45, 2.75) is 43.7 Å². The van der Waals surface area contributed by atoms with Crippen LogP contribution in [0.15, 0.2) is 41.2 Å². The lowest BCUT2D eigenvalue weighted by Crippen LogP contribution is -2.57. The first-order valence-electron chi connectivity index (χ1n) is 13.1. The molecule has 3 fully saturated rings. The second-order valence-corrected chi connectivity index (χ2v) is 10.6. The summed E-state index contributed by atoms with van der Waals surface area (Å²) in [6.07, 6.45) is 7.67. The van der Waals surface area contributed by atoms with Gasteiger partial charge in [0, 0.05) is 56.3 Å². The lowest BCUT2D eigenvalue weighted by atomic mass is 9.90. The van der Waals surface area contributed by atoms with Gasteiger partial charge >= 0.3 is 0 Å². The summed E-state index contributed by atoms with van der Waals surface area (Å²) in [5.74, 6) is -3.92. The molecule has 0 radical (unpaired) electrons. The number of hydrogen-bond acceptors (Lipinski definition) is 7. The van der Waals surface area contributed by atoms with Crippen LogP contribution in [0.2, 0.25) is 0 Å². The smallest absolute Gasteiger partial charge is 0.273 e. The molecular weight excluding hydrogens is 513 g/mol. The van der Waals surface area contributed by atoms with Crippen LogP contribution in [0, 0.1) is 29.3 Å². The lowest BCUT2D eigenvalue weighted by molar-refractivity contribution is -0.128. The average molecular weight is 541 g/mol. The van der Waals surface area contributed by atoms with E-state index in [0.29, 0.717) is 43.4 Å². The maximum Gasteiger partial charge on any atom is 0.273 e.